The van der Waals surface area contributed by atoms with Crippen molar-refractivity contribution in [1.82, 2.24) is 9.97 Å². The summed E-state index contributed by atoms with van der Waals surface area (Å²) in [6.07, 6.45) is 1.33. The van der Waals surface area contributed by atoms with Crippen LogP contribution in [0.15, 0.2) is 23.3 Å². The first kappa shape index (κ1) is 8.07. The number of nitrogens with one attached hydrogen (secondary N) is 1. The first-order valence-electron chi connectivity index (χ1n) is 3.61. The molecule has 1 heterocycles. The van der Waals surface area contributed by atoms with E-state index in [0.29, 0.717) is 21.6 Å². The molecule has 0 aliphatic carbocycles. The molecule has 4 nitrogen and oxygen atoms in total. The fourth-order valence-electron chi connectivity index (χ4n) is 1.10. The van der Waals surface area contributed by atoms with Gasteiger partial charge in [0.2, 0.25) is 0 Å². The van der Waals surface area contributed by atoms with Crippen LogP contribution >= 0.6 is 11.6 Å². The summed E-state index contributed by atoms with van der Waals surface area (Å²) in [6.45, 7) is 0. The number of aromatic nitrogens is 2. The highest BCUT2D eigenvalue weighted by Gasteiger charge is 2.02. The van der Waals surface area contributed by atoms with Gasteiger partial charge in [0.15, 0.2) is 0 Å². The maximum absolute atomic E-state index is 11.2. The number of benzene rings is 1. The molecule has 0 spiro atoms. The molecule has 0 unspecified atom stereocenters. The van der Waals surface area contributed by atoms with Crippen molar-refractivity contribution in [2.75, 3.05) is 5.73 Å². The summed E-state index contributed by atoms with van der Waals surface area (Å²) < 4.78 is 0. The monoisotopic (exact) mass is 195 g/mol. The van der Waals surface area contributed by atoms with Crippen molar-refractivity contribution in [3.8, 4) is 0 Å². The van der Waals surface area contributed by atoms with E-state index in [1.54, 1.807) is 6.07 Å². The molecular formula is C8H6ClN3O. The van der Waals surface area contributed by atoms with E-state index in [9.17, 15) is 4.79 Å². The number of nitrogens with two attached hydrogens (primary N) is 1. The number of H-pyrrole nitrogens is 1. The van der Waals surface area contributed by atoms with Crippen LogP contribution in [0.4, 0.5) is 5.69 Å². The minimum atomic E-state index is -0.216. The molecule has 0 atom stereocenters. The Labute approximate surface area is 78.4 Å². The van der Waals surface area contributed by atoms with Crippen LogP contribution in [-0.2, 0) is 0 Å². The zero-order chi connectivity index (χ0) is 9.42. The maximum Gasteiger partial charge on any atom is 0.258 e. The molecule has 66 valence electrons. The molecule has 5 heteroatoms. The van der Waals surface area contributed by atoms with Crippen LogP contribution < -0.4 is 11.3 Å². The number of nitrogen functional groups attached to an aromatic ring is 1. The zero-order valence-electron chi connectivity index (χ0n) is 6.54. The van der Waals surface area contributed by atoms with E-state index in [1.165, 1.54) is 12.4 Å². The molecule has 2 rings (SSSR count). The molecule has 0 radical (unpaired) electrons. The van der Waals surface area contributed by atoms with Crippen molar-refractivity contribution in [2.24, 2.45) is 0 Å². The fourth-order valence-corrected chi connectivity index (χ4v) is 1.27. The van der Waals surface area contributed by atoms with Gasteiger partial charge in [0.1, 0.15) is 0 Å². The number of nitrogens with zero attached hydrogens (tertiary/aromatic N) is 1. The lowest BCUT2D eigenvalue weighted by molar-refractivity contribution is 1.17. The first-order chi connectivity index (χ1) is 6.18. The van der Waals surface area contributed by atoms with E-state index in [-0.39, 0.29) is 5.56 Å². The number of halogens is 1. The summed E-state index contributed by atoms with van der Waals surface area (Å²) in [5, 5.41) is 0.813. The van der Waals surface area contributed by atoms with Crippen molar-refractivity contribution in [1.29, 1.82) is 0 Å². The van der Waals surface area contributed by atoms with Gasteiger partial charge in [-0.15, -0.1) is 0 Å². The minimum Gasteiger partial charge on any atom is -0.397 e. The number of anilines is 1. The molecule has 0 bridgehead atoms. The molecule has 2 aromatic rings. The predicted octanol–water partition coefficient (Wildman–Crippen LogP) is 1.16. The number of aromatic amines is 1. The largest absolute Gasteiger partial charge is 0.397 e. The van der Waals surface area contributed by atoms with Crippen LogP contribution in [0.3, 0.4) is 0 Å². The van der Waals surface area contributed by atoms with Gasteiger partial charge >= 0.3 is 0 Å². The average molecular weight is 196 g/mol. The van der Waals surface area contributed by atoms with Crippen LogP contribution in [0.2, 0.25) is 5.02 Å². The minimum absolute atomic E-state index is 0.216. The molecule has 1 aromatic carbocycles. The van der Waals surface area contributed by atoms with Crippen molar-refractivity contribution in [3.63, 3.8) is 0 Å². The van der Waals surface area contributed by atoms with E-state index >= 15 is 0 Å². The Balaban J connectivity index is 2.97. The lowest BCUT2D eigenvalue weighted by atomic mass is 10.2. The quantitative estimate of drug-likeness (QED) is 0.620. The standard InChI is InChI=1S/C8H6ClN3O/c9-5-1-4-7(2-6(5)10)11-3-12-8(4)13/h1-3H,10H2,(H,11,12,13). The van der Waals surface area contributed by atoms with Crippen molar-refractivity contribution >= 4 is 28.2 Å². The molecular weight excluding hydrogens is 190 g/mol. The third-order valence-corrected chi connectivity index (χ3v) is 2.09. The molecule has 0 saturated carbocycles. The van der Waals surface area contributed by atoms with Gasteiger partial charge in [-0.25, -0.2) is 4.98 Å². The number of hydrogen-bond donors (Lipinski definition) is 2. The number of rotatable bonds is 0. The van der Waals surface area contributed by atoms with Crippen LogP contribution in [0, 0.1) is 0 Å². The average Bonchev–Trinajstić information content (AvgIpc) is 2.09. The molecule has 1 aromatic heterocycles. The Hall–Kier alpha value is -1.55. The molecule has 0 fully saturated rings. The smallest absolute Gasteiger partial charge is 0.258 e. The van der Waals surface area contributed by atoms with E-state index in [0.717, 1.165) is 0 Å². The third-order valence-electron chi connectivity index (χ3n) is 1.76. The number of fused-ring (bicyclic) bond motifs is 1. The van der Waals surface area contributed by atoms with Crippen molar-refractivity contribution < 1.29 is 0 Å². The molecule has 3 N–H and O–H groups in total. The first-order valence-corrected chi connectivity index (χ1v) is 3.98. The van der Waals surface area contributed by atoms with E-state index < -0.39 is 0 Å². The van der Waals surface area contributed by atoms with E-state index in [4.69, 9.17) is 17.3 Å². The lowest BCUT2D eigenvalue weighted by Crippen LogP contribution is -2.06. The van der Waals surface area contributed by atoms with Gasteiger partial charge in [0, 0.05) is 0 Å². The Morgan fingerprint density at radius 1 is 1.46 bits per heavy atom. The summed E-state index contributed by atoms with van der Waals surface area (Å²) >= 11 is 5.75. The molecule has 0 aliphatic heterocycles. The van der Waals surface area contributed by atoms with Gasteiger partial charge < -0.3 is 10.7 Å². The SMILES string of the molecule is Nc1cc2nc[nH]c(=O)c2cc1Cl. The summed E-state index contributed by atoms with van der Waals surface area (Å²) in [5.41, 5.74) is 6.31. The van der Waals surface area contributed by atoms with Gasteiger partial charge in [-0.3, -0.25) is 4.79 Å². The Morgan fingerprint density at radius 3 is 3.00 bits per heavy atom. The van der Waals surface area contributed by atoms with Crippen molar-refractivity contribution in [2.45, 2.75) is 0 Å². The predicted molar refractivity (Wildman–Crippen MR) is 51.8 cm³/mol. The summed E-state index contributed by atoms with van der Waals surface area (Å²) in [7, 11) is 0. The van der Waals surface area contributed by atoms with Gasteiger partial charge in [0.25, 0.3) is 5.56 Å². The molecule has 13 heavy (non-hydrogen) atoms. The highest BCUT2D eigenvalue weighted by atomic mass is 35.5. The van der Waals surface area contributed by atoms with Crippen molar-refractivity contribution in [3.05, 3.63) is 33.8 Å². The number of hydrogen-bond acceptors (Lipinski definition) is 3. The van der Waals surface area contributed by atoms with Crippen LogP contribution in [0.5, 0.6) is 0 Å². The highest BCUT2D eigenvalue weighted by molar-refractivity contribution is 6.33. The van der Waals surface area contributed by atoms with Gasteiger partial charge in [-0.05, 0) is 12.1 Å². The fraction of sp³-hybridized carbons (Fsp3) is 0. The summed E-state index contributed by atoms with van der Waals surface area (Å²) in [4.78, 5) is 17.7. The topological polar surface area (TPSA) is 71.8 Å². The van der Waals surface area contributed by atoms with Crippen LogP contribution in [0.25, 0.3) is 10.9 Å². The maximum atomic E-state index is 11.2. The Morgan fingerprint density at radius 2 is 2.23 bits per heavy atom. The molecule has 0 aliphatic rings. The van der Waals surface area contributed by atoms with Crippen LogP contribution in [0.1, 0.15) is 0 Å². The van der Waals surface area contributed by atoms with E-state index in [2.05, 4.69) is 9.97 Å². The van der Waals surface area contributed by atoms with Gasteiger partial charge in [0.05, 0.1) is 27.9 Å². The highest BCUT2D eigenvalue weighted by Crippen LogP contribution is 2.21. The van der Waals surface area contributed by atoms with Crippen LogP contribution in [-0.4, -0.2) is 9.97 Å². The lowest BCUT2D eigenvalue weighted by Gasteiger charge is -1.99. The van der Waals surface area contributed by atoms with Gasteiger partial charge in [-0.1, -0.05) is 11.6 Å². The second kappa shape index (κ2) is 2.74. The second-order valence-electron chi connectivity index (χ2n) is 2.62. The summed E-state index contributed by atoms with van der Waals surface area (Å²) in [6, 6.07) is 3.09. The van der Waals surface area contributed by atoms with E-state index in [1.807, 2.05) is 0 Å². The second-order valence-corrected chi connectivity index (χ2v) is 3.03. The normalized spacial score (nSPS) is 10.5. The zero-order valence-corrected chi connectivity index (χ0v) is 7.30. The molecule has 0 amide bonds. The Kier molecular flexibility index (Phi) is 1.70. The van der Waals surface area contributed by atoms with Gasteiger partial charge in [-0.2, -0.15) is 0 Å². The summed E-state index contributed by atoms with van der Waals surface area (Å²) in [5.74, 6) is 0. The molecule has 0 saturated heterocycles. The third kappa shape index (κ3) is 1.25. The Bertz CT molecular complexity index is 520.